The van der Waals surface area contributed by atoms with Gasteiger partial charge in [-0.25, -0.2) is 43.5 Å². The van der Waals surface area contributed by atoms with Crippen LogP contribution in [-0.4, -0.2) is 104 Å². The fraction of sp³-hybridized carbons (Fsp3) is 0.353. The van der Waals surface area contributed by atoms with Crippen molar-refractivity contribution in [2.24, 2.45) is 5.73 Å². The number of carbonyl (C=O) groups excluding carboxylic acids is 3. The smallest absolute Gasteiger partial charge is 0.407 e. The van der Waals surface area contributed by atoms with Crippen molar-refractivity contribution in [2.75, 3.05) is 51.9 Å². The number of anilines is 2. The van der Waals surface area contributed by atoms with Gasteiger partial charge in [0.15, 0.2) is 0 Å². The molecule has 0 radical (unpaired) electrons. The number of halogens is 2. The lowest BCUT2D eigenvalue weighted by Crippen LogP contribution is -2.43. The van der Waals surface area contributed by atoms with Gasteiger partial charge < -0.3 is 46.5 Å². The molecule has 2 aliphatic heterocycles. The lowest BCUT2D eigenvalue weighted by atomic mass is 9.88. The molecule has 0 saturated heterocycles. The summed E-state index contributed by atoms with van der Waals surface area (Å²) in [6, 6.07) is 18.6. The molecule has 7 N–H and O–H groups in total. The van der Waals surface area contributed by atoms with Crippen molar-refractivity contribution in [1.82, 2.24) is 45.0 Å². The number of ether oxygens (including phenoxy) is 3. The summed E-state index contributed by atoms with van der Waals surface area (Å²) in [6.07, 6.45) is 1.32. The molecule has 0 unspecified atom stereocenters. The minimum absolute atomic E-state index is 0.0848. The van der Waals surface area contributed by atoms with Gasteiger partial charge in [-0.3, -0.25) is 9.59 Å². The number of methoxy groups -OCH3 is 2. The van der Waals surface area contributed by atoms with Crippen LogP contribution in [0.4, 0.5) is 25.5 Å². The second-order valence-corrected chi connectivity index (χ2v) is 17.9. The molecular weight excluding hydrogens is 915 g/mol. The van der Waals surface area contributed by atoms with Crippen LogP contribution in [0.3, 0.4) is 0 Å². The maximum atomic E-state index is 14.5. The topological polar surface area (TPSA) is 253 Å². The van der Waals surface area contributed by atoms with Gasteiger partial charge in [0.25, 0.3) is 11.8 Å². The van der Waals surface area contributed by atoms with Crippen LogP contribution in [0, 0.1) is 25.5 Å². The summed E-state index contributed by atoms with van der Waals surface area (Å²) in [7, 11) is 3.03. The zero-order valence-electron chi connectivity index (χ0n) is 40.8. The molecule has 6 heterocycles. The number of nitrogens with one attached hydrogen (secondary N) is 1. The highest BCUT2D eigenvalue weighted by atomic mass is 19.1. The van der Waals surface area contributed by atoms with Crippen molar-refractivity contribution < 1.29 is 37.4 Å². The Morgan fingerprint density at radius 3 is 1.56 bits per heavy atom. The van der Waals surface area contributed by atoms with Crippen molar-refractivity contribution >= 4 is 29.8 Å². The number of nitrogens with two attached hydrogens (primary N) is 3. The van der Waals surface area contributed by atoms with Crippen LogP contribution < -0.4 is 32.0 Å². The van der Waals surface area contributed by atoms with Crippen molar-refractivity contribution in [2.45, 2.75) is 78.0 Å². The Bertz CT molecular complexity index is 2950. The number of hydrogen-bond donors (Lipinski definition) is 4. The van der Waals surface area contributed by atoms with Gasteiger partial charge >= 0.3 is 6.09 Å². The Balaban J connectivity index is 0.000000213. The SMILES string of the molecule is COc1cccc(-c2cc(F)ccc2[C@H]2Cc3nc(N)nc(C)c3C(=O)N2CCCN)n1.COc1cccc(-c2cc(F)ccc2[C@H]2Cc3nc(N)nc(C)c3C(=O)N2CCCNC(=O)OC(C)(C)C)n1. The zero-order chi connectivity index (χ0) is 51.1. The third-order valence-corrected chi connectivity index (χ3v) is 11.9. The molecule has 2 aromatic carbocycles. The number of rotatable bonds is 13. The van der Waals surface area contributed by atoms with Crippen LogP contribution in [0.15, 0.2) is 72.8 Å². The van der Waals surface area contributed by atoms with Gasteiger partial charge in [-0.05, 0) is 102 Å². The third kappa shape index (κ3) is 11.8. The molecule has 0 aliphatic carbocycles. The summed E-state index contributed by atoms with van der Waals surface area (Å²) in [5.74, 6) is -0.268. The predicted molar refractivity (Wildman–Crippen MR) is 262 cm³/mol. The minimum atomic E-state index is -0.617. The van der Waals surface area contributed by atoms with E-state index in [2.05, 4.69) is 35.2 Å². The highest BCUT2D eigenvalue weighted by Crippen LogP contribution is 2.41. The number of alkyl carbamates (subject to hydrolysis) is 1. The fourth-order valence-electron chi connectivity index (χ4n) is 8.85. The summed E-state index contributed by atoms with van der Waals surface area (Å²) in [5.41, 5.74) is 23.6. The second kappa shape index (κ2) is 21.8. The largest absolute Gasteiger partial charge is 0.481 e. The second-order valence-electron chi connectivity index (χ2n) is 17.9. The van der Waals surface area contributed by atoms with Crippen LogP contribution >= 0.6 is 0 Å². The maximum absolute atomic E-state index is 14.5. The van der Waals surface area contributed by atoms with E-state index < -0.39 is 29.4 Å². The van der Waals surface area contributed by atoms with E-state index in [1.54, 1.807) is 92.9 Å². The lowest BCUT2D eigenvalue weighted by molar-refractivity contribution is 0.0522. The first-order chi connectivity index (χ1) is 33.9. The first-order valence-electron chi connectivity index (χ1n) is 23.1. The van der Waals surface area contributed by atoms with E-state index in [4.69, 9.17) is 31.4 Å². The highest BCUT2D eigenvalue weighted by Gasteiger charge is 2.39. The molecule has 0 saturated carbocycles. The van der Waals surface area contributed by atoms with Gasteiger partial charge in [-0.1, -0.05) is 24.3 Å². The van der Waals surface area contributed by atoms with E-state index in [0.717, 1.165) is 5.56 Å². The van der Waals surface area contributed by atoms with E-state index in [0.29, 0.717) is 126 Å². The maximum Gasteiger partial charge on any atom is 0.407 e. The van der Waals surface area contributed by atoms with Gasteiger partial charge in [0, 0.05) is 55.7 Å². The van der Waals surface area contributed by atoms with Gasteiger partial charge in [-0.15, -0.1) is 0 Å². The monoisotopic (exact) mass is 972 g/mol. The first kappa shape index (κ1) is 51.0. The van der Waals surface area contributed by atoms with Crippen molar-refractivity contribution in [3.8, 4) is 34.3 Å². The van der Waals surface area contributed by atoms with Crippen molar-refractivity contribution in [3.05, 3.63) is 129 Å². The van der Waals surface area contributed by atoms with E-state index >= 15 is 0 Å². The van der Waals surface area contributed by atoms with Crippen molar-refractivity contribution in [1.29, 1.82) is 0 Å². The molecule has 20 heteroatoms. The molecule has 18 nitrogen and oxygen atoms in total. The van der Waals surface area contributed by atoms with Crippen molar-refractivity contribution in [3.63, 3.8) is 0 Å². The molecule has 71 heavy (non-hydrogen) atoms. The minimum Gasteiger partial charge on any atom is -0.481 e. The molecule has 2 atom stereocenters. The molecule has 4 aromatic heterocycles. The highest BCUT2D eigenvalue weighted by molar-refractivity contribution is 5.99. The molecule has 8 rings (SSSR count). The Morgan fingerprint density at radius 2 is 1.14 bits per heavy atom. The van der Waals surface area contributed by atoms with Crippen LogP contribution in [-0.2, 0) is 17.6 Å². The summed E-state index contributed by atoms with van der Waals surface area (Å²) in [5, 5.41) is 2.73. The molecule has 372 valence electrons. The number of fused-ring (bicyclic) bond motifs is 2. The Kier molecular flexibility index (Phi) is 15.7. The molecule has 6 aromatic rings. The van der Waals surface area contributed by atoms with Crippen LogP contribution in [0.2, 0.25) is 0 Å². The summed E-state index contributed by atoms with van der Waals surface area (Å²) in [4.78, 5) is 69.0. The first-order valence-corrected chi connectivity index (χ1v) is 23.1. The number of carbonyl (C=O) groups is 3. The van der Waals surface area contributed by atoms with Gasteiger partial charge in [-0.2, -0.15) is 0 Å². The fourth-order valence-corrected chi connectivity index (χ4v) is 8.85. The number of nitrogens with zero attached hydrogens (tertiary/aromatic N) is 8. The van der Waals surface area contributed by atoms with Crippen LogP contribution in [0.5, 0.6) is 11.8 Å². The quantitative estimate of drug-likeness (QED) is 0.0860. The Labute approximate surface area is 410 Å². The molecule has 2 aliphatic rings. The van der Waals surface area contributed by atoms with E-state index in [1.165, 1.54) is 38.5 Å². The number of aryl methyl sites for hydroxylation is 2. The van der Waals surface area contributed by atoms with E-state index in [9.17, 15) is 23.2 Å². The summed E-state index contributed by atoms with van der Waals surface area (Å²) in [6.45, 7) is 10.3. The third-order valence-electron chi connectivity index (χ3n) is 11.9. The van der Waals surface area contributed by atoms with E-state index in [1.807, 2.05) is 0 Å². The standard InChI is InChI=1S/C28H33FN6O4.C23H25FN6O2/c1-16-24-21(34-26(30)32-16)15-22(35(25(24)36)13-7-12-31-27(37)39-28(2,3)4)18-11-10-17(29)14-19(18)20-8-6-9-23(33-20)38-5;1-13-21-18(29-23(26)27-13)12-19(30(22(21)31)10-4-9-25)15-8-7-14(24)11-16(15)17-5-3-6-20(28-17)32-2/h6,8-11,14,22H,7,12-13,15H2,1-5H3,(H,31,37)(H2,30,32,34);3,5-8,11,19H,4,9-10,12,25H2,1-2H3,(H2,26,27,29)/t22-;19-/m11/s1. The number of benzene rings is 2. The Hall–Kier alpha value is -7.87. The van der Waals surface area contributed by atoms with E-state index in [-0.39, 0.29) is 29.8 Å². The number of aromatic nitrogens is 6. The molecular formula is C51H58F2N12O6. The van der Waals surface area contributed by atoms with Gasteiger partial charge in [0.1, 0.15) is 17.2 Å². The normalized spacial score (nSPS) is 15.3. The summed E-state index contributed by atoms with van der Waals surface area (Å²) < 4.78 is 44.6. The van der Waals surface area contributed by atoms with Gasteiger partial charge in [0.2, 0.25) is 23.7 Å². The molecule has 3 amide bonds. The van der Waals surface area contributed by atoms with Crippen LogP contribution in [0.25, 0.3) is 22.5 Å². The summed E-state index contributed by atoms with van der Waals surface area (Å²) >= 11 is 0. The lowest BCUT2D eigenvalue weighted by Gasteiger charge is -2.38. The number of amides is 3. The number of nitrogen functional groups attached to an aromatic ring is 2. The van der Waals surface area contributed by atoms with Crippen LogP contribution in [0.1, 0.15) is 100 Å². The number of pyridine rings is 2. The number of hydrogen-bond acceptors (Lipinski definition) is 15. The predicted octanol–water partition coefficient (Wildman–Crippen LogP) is 6.90. The molecule has 0 bridgehead atoms. The zero-order valence-corrected chi connectivity index (χ0v) is 40.8. The average molecular weight is 973 g/mol. The Morgan fingerprint density at radius 1 is 0.690 bits per heavy atom. The molecule has 0 fully saturated rings. The molecule has 0 spiro atoms. The van der Waals surface area contributed by atoms with Gasteiger partial charge in [0.05, 0.1) is 71.6 Å². The average Bonchev–Trinajstić information content (AvgIpc) is 3.32.